The van der Waals surface area contributed by atoms with Gasteiger partial charge in [-0.25, -0.2) is 0 Å². The Morgan fingerprint density at radius 1 is 0.917 bits per heavy atom. The molecule has 0 spiro atoms. The Hall–Kier alpha value is -2.62. The largest absolute Gasteiger partial charge is 0.339 e. The highest BCUT2D eigenvalue weighted by atomic mass is 16.2. The van der Waals surface area contributed by atoms with Crippen LogP contribution in [0.5, 0.6) is 0 Å². The second kappa shape index (κ2) is 7.30. The molecule has 124 valence electrons. The van der Waals surface area contributed by atoms with E-state index in [1.807, 2.05) is 30.0 Å². The molecule has 2 aromatic carbocycles. The van der Waals surface area contributed by atoms with Crippen LogP contribution in [0.2, 0.25) is 0 Å². The van der Waals surface area contributed by atoms with Crippen LogP contribution >= 0.6 is 0 Å². The third kappa shape index (κ3) is 3.82. The van der Waals surface area contributed by atoms with E-state index in [0.717, 1.165) is 31.5 Å². The zero-order valence-corrected chi connectivity index (χ0v) is 13.9. The number of benzene rings is 2. The maximum absolute atomic E-state index is 12.6. The Kier molecular flexibility index (Phi) is 4.94. The van der Waals surface area contributed by atoms with Gasteiger partial charge in [-0.3, -0.25) is 9.59 Å². The van der Waals surface area contributed by atoms with Crippen molar-refractivity contribution in [1.29, 1.82) is 0 Å². The van der Waals surface area contributed by atoms with Gasteiger partial charge in [-0.1, -0.05) is 23.8 Å². The number of hydrogen-bond acceptors (Lipinski definition) is 2. The van der Waals surface area contributed by atoms with E-state index in [-0.39, 0.29) is 11.8 Å². The first-order chi connectivity index (χ1) is 11.6. The molecule has 0 aromatic heterocycles. The van der Waals surface area contributed by atoms with E-state index < -0.39 is 0 Å². The third-order valence-electron chi connectivity index (χ3n) is 4.32. The predicted octanol–water partition coefficient (Wildman–Crippen LogP) is 3.87. The molecule has 0 aliphatic carbocycles. The van der Waals surface area contributed by atoms with Crippen LogP contribution in [0.15, 0.2) is 48.5 Å². The average Bonchev–Trinajstić information content (AvgIpc) is 2.62. The molecule has 0 saturated carbocycles. The van der Waals surface area contributed by atoms with Gasteiger partial charge < -0.3 is 10.2 Å². The van der Waals surface area contributed by atoms with E-state index in [1.54, 1.807) is 30.3 Å². The van der Waals surface area contributed by atoms with Gasteiger partial charge in [-0.05, 0) is 56.5 Å². The Bertz CT molecular complexity index is 732. The summed E-state index contributed by atoms with van der Waals surface area (Å²) in [5.41, 5.74) is 2.98. The zero-order valence-electron chi connectivity index (χ0n) is 13.9. The fraction of sp³-hybridized carbons (Fsp3) is 0.300. The Balaban J connectivity index is 1.71. The summed E-state index contributed by atoms with van der Waals surface area (Å²) in [5.74, 6) is -0.126. The van der Waals surface area contributed by atoms with Crippen molar-refractivity contribution in [2.75, 3.05) is 18.4 Å². The topological polar surface area (TPSA) is 49.4 Å². The number of nitrogens with zero attached hydrogens (tertiary/aromatic N) is 1. The van der Waals surface area contributed by atoms with E-state index in [9.17, 15) is 9.59 Å². The molecule has 1 fully saturated rings. The van der Waals surface area contributed by atoms with Crippen LogP contribution < -0.4 is 5.32 Å². The van der Waals surface area contributed by atoms with Crippen molar-refractivity contribution in [1.82, 2.24) is 4.90 Å². The smallest absolute Gasteiger partial charge is 0.255 e. The number of anilines is 1. The van der Waals surface area contributed by atoms with Crippen molar-refractivity contribution in [2.24, 2.45) is 0 Å². The quantitative estimate of drug-likeness (QED) is 0.932. The van der Waals surface area contributed by atoms with E-state index in [1.165, 1.54) is 6.42 Å². The number of carbonyl (C=O) groups excluding carboxylic acids is 2. The van der Waals surface area contributed by atoms with Crippen molar-refractivity contribution >= 4 is 17.5 Å². The summed E-state index contributed by atoms with van der Waals surface area (Å²) in [4.78, 5) is 26.8. The highest BCUT2D eigenvalue weighted by Crippen LogP contribution is 2.17. The Morgan fingerprint density at radius 3 is 2.33 bits per heavy atom. The molecule has 3 rings (SSSR count). The van der Waals surface area contributed by atoms with Crippen molar-refractivity contribution < 1.29 is 9.59 Å². The van der Waals surface area contributed by atoms with Crippen LogP contribution in [-0.4, -0.2) is 29.8 Å². The number of amides is 2. The lowest BCUT2D eigenvalue weighted by molar-refractivity contribution is 0.0724. The Morgan fingerprint density at radius 2 is 1.62 bits per heavy atom. The highest BCUT2D eigenvalue weighted by molar-refractivity contribution is 6.05. The van der Waals surface area contributed by atoms with Gasteiger partial charge in [0.05, 0.1) is 0 Å². The lowest BCUT2D eigenvalue weighted by atomic mass is 10.1. The molecule has 1 aliphatic heterocycles. The first-order valence-electron chi connectivity index (χ1n) is 8.41. The normalized spacial score (nSPS) is 14.3. The van der Waals surface area contributed by atoms with E-state index in [4.69, 9.17) is 0 Å². The van der Waals surface area contributed by atoms with Gasteiger partial charge in [0, 0.05) is 29.9 Å². The second-order valence-electron chi connectivity index (χ2n) is 6.25. The molecular formula is C20H22N2O2. The van der Waals surface area contributed by atoms with Crippen LogP contribution in [0, 0.1) is 6.92 Å². The monoisotopic (exact) mass is 322 g/mol. The van der Waals surface area contributed by atoms with Crippen molar-refractivity contribution in [3.05, 3.63) is 65.2 Å². The molecule has 24 heavy (non-hydrogen) atoms. The molecule has 1 N–H and O–H groups in total. The molecule has 0 atom stereocenters. The summed E-state index contributed by atoms with van der Waals surface area (Å²) in [5, 5.41) is 2.87. The second-order valence-corrected chi connectivity index (χ2v) is 6.25. The molecule has 0 unspecified atom stereocenters. The molecule has 1 saturated heterocycles. The molecule has 1 aliphatic rings. The minimum absolute atomic E-state index is 0.0427. The van der Waals surface area contributed by atoms with Gasteiger partial charge >= 0.3 is 0 Å². The summed E-state index contributed by atoms with van der Waals surface area (Å²) < 4.78 is 0. The summed E-state index contributed by atoms with van der Waals surface area (Å²) >= 11 is 0. The number of carbonyl (C=O) groups is 2. The van der Waals surface area contributed by atoms with E-state index in [2.05, 4.69) is 5.32 Å². The number of likely N-dealkylation sites (tertiary alicyclic amines) is 1. The lowest BCUT2D eigenvalue weighted by Crippen LogP contribution is -2.35. The average molecular weight is 322 g/mol. The summed E-state index contributed by atoms with van der Waals surface area (Å²) in [6.45, 7) is 3.62. The summed E-state index contributed by atoms with van der Waals surface area (Å²) in [6, 6.07) is 14.6. The molecule has 2 amide bonds. The lowest BCUT2D eigenvalue weighted by Gasteiger charge is -2.26. The van der Waals surface area contributed by atoms with Crippen molar-refractivity contribution in [3.8, 4) is 0 Å². The highest BCUT2D eigenvalue weighted by Gasteiger charge is 2.18. The fourth-order valence-electron chi connectivity index (χ4n) is 2.92. The predicted molar refractivity (Wildman–Crippen MR) is 95.3 cm³/mol. The van der Waals surface area contributed by atoms with Crippen LogP contribution in [0.3, 0.4) is 0 Å². The standard InChI is InChI=1S/C20H22N2O2/c1-15-8-10-16(11-9-15)19(23)21-18-7-5-6-17(14-18)20(24)22-12-3-2-4-13-22/h5-11,14H,2-4,12-13H2,1H3,(H,21,23). The molecule has 4 heteroatoms. The number of rotatable bonds is 3. The molecule has 0 radical (unpaired) electrons. The zero-order chi connectivity index (χ0) is 16.9. The first kappa shape index (κ1) is 16.2. The van der Waals surface area contributed by atoms with Gasteiger partial charge in [0.2, 0.25) is 0 Å². The number of hydrogen-bond donors (Lipinski definition) is 1. The maximum atomic E-state index is 12.6. The summed E-state index contributed by atoms with van der Waals surface area (Å²) in [7, 11) is 0. The molecule has 4 nitrogen and oxygen atoms in total. The Labute approximate surface area is 142 Å². The van der Waals surface area contributed by atoms with Gasteiger partial charge in [-0.2, -0.15) is 0 Å². The minimum Gasteiger partial charge on any atom is -0.339 e. The van der Waals surface area contributed by atoms with Gasteiger partial charge in [0.1, 0.15) is 0 Å². The van der Waals surface area contributed by atoms with E-state index in [0.29, 0.717) is 16.8 Å². The van der Waals surface area contributed by atoms with Crippen molar-refractivity contribution in [3.63, 3.8) is 0 Å². The van der Waals surface area contributed by atoms with Crippen LogP contribution in [0.4, 0.5) is 5.69 Å². The number of nitrogens with one attached hydrogen (secondary N) is 1. The molecular weight excluding hydrogens is 300 g/mol. The molecule has 2 aromatic rings. The molecule has 1 heterocycles. The fourth-order valence-corrected chi connectivity index (χ4v) is 2.92. The van der Waals surface area contributed by atoms with Gasteiger partial charge in [0.15, 0.2) is 0 Å². The maximum Gasteiger partial charge on any atom is 0.255 e. The number of piperidine rings is 1. The van der Waals surface area contributed by atoms with Gasteiger partial charge in [0.25, 0.3) is 11.8 Å². The van der Waals surface area contributed by atoms with Crippen LogP contribution in [0.25, 0.3) is 0 Å². The SMILES string of the molecule is Cc1ccc(C(=O)Nc2cccc(C(=O)N3CCCCC3)c2)cc1. The number of aryl methyl sites for hydroxylation is 1. The first-order valence-corrected chi connectivity index (χ1v) is 8.41. The third-order valence-corrected chi connectivity index (χ3v) is 4.32. The molecule has 0 bridgehead atoms. The summed E-state index contributed by atoms with van der Waals surface area (Å²) in [6.07, 6.45) is 3.32. The van der Waals surface area contributed by atoms with Crippen molar-refractivity contribution in [2.45, 2.75) is 26.2 Å². The van der Waals surface area contributed by atoms with Crippen LogP contribution in [0.1, 0.15) is 45.5 Å². The van der Waals surface area contributed by atoms with Gasteiger partial charge in [-0.15, -0.1) is 0 Å². The van der Waals surface area contributed by atoms with Crippen LogP contribution in [-0.2, 0) is 0 Å². The van der Waals surface area contributed by atoms with E-state index >= 15 is 0 Å². The minimum atomic E-state index is -0.169.